The van der Waals surface area contributed by atoms with Gasteiger partial charge in [-0.25, -0.2) is 13.6 Å². The van der Waals surface area contributed by atoms with E-state index in [1.54, 1.807) is 34.6 Å². The number of carbonyl (C=O) groups excluding carboxylic acids is 2. The van der Waals surface area contributed by atoms with E-state index in [4.69, 9.17) is 9.47 Å². The number of nitrogens with zero attached hydrogens (tertiary/aromatic N) is 2. The van der Waals surface area contributed by atoms with Gasteiger partial charge in [0.1, 0.15) is 17.2 Å². The van der Waals surface area contributed by atoms with Crippen LogP contribution in [0.2, 0.25) is 0 Å². The molecular formula is C23H26F2N2O4. The summed E-state index contributed by atoms with van der Waals surface area (Å²) in [5.74, 6) is -3.94. The Balaban J connectivity index is 2.69. The van der Waals surface area contributed by atoms with Crippen molar-refractivity contribution in [3.8, 4) is 6.07 Å². The topological polar surface area (TPSA) is 79.6 Å². The zero-order chi connectivity index (χ0) is 23.4. The van der Waals surface area contributed by atoms with Gasteiger partial charge in [-0.2, -0.15) is 5.26 Å². The van der Waals surface area contributed by atoms with Crippen LogP contribution < -0.4 is 0 Å². The molecule has 1 aliphatic rings. The Morgan fingerprint density at radius 2 is 2.00 bits per heavy atom. The predicted molar refractivity (Wildman–Crippen MR) is 110 cm³/mol. The van der Waals surface area contributed by atoms with Crippen LogP contribution in [0.1, 0.15) is 45.2 Å². The van der Waals surface area contributed by atoms with Crippen LogP contribution in [-0.2, 0) is 19.7 Å². The van der Waals surface area contributed by atoms with Crippen LogP contribution in [0.15, 0.2) is 42.5 Å². The lowest BCUT2D eigenvalue weighted by Gasteiger charge is -2.35. The van der Waals surface area contributed by atoms with E-state index < -0.39 is 40.6 Å². The highest BCUT2D eigenvalue weighted by Gasteiger charge is 2.50. The lowest BCUT2D eigenvalue weighted by Crippen LogP contribution is -2.41. The van der Waals surface area contributed by atoms with Gasteiger partial charge in [-0.05, 0) is 64.3 Å². The Morgan fingerprint density at radius 1 is 1.32 bits per heavy atom. The van der Waals surface area contributed by atoms with Crippen molar-refractivity contribution in [1.29, 1.82) is 5.26 Å². The Hall–Kier alpha value is -3.21. The summed E-state index contributed by atoms with van der Waals surface area (Å²) in [6, 6.07) is 5.54. The normalized spacial score (nSPS) is 19.7. The van der Waals surface area contributed by atoms with Crippen LogP contribution >= 0.6 is 0 Å². The molecule has 31 heavy (non-hydrogen) atoms. The Bertz CT molecular complexity index is 959. The summed E-state index contributed by atoms with van der Waals surface area (Å²) in [5.41, 5.74) is -2.02. The van der Waals surface area contributed by atoms with Crippen LogP contribution in [0, 0.1) is 30.0 Å². The highest BCUT2D eigenvalue weighted by molar-refractivity contribution is 5.79. The van der Waals surface area contributed by atoms with Gasteiger partial charge in [-0.1, -0.05) is 12.1 Å². The first kappa shape index (κ1) is 24.1. The van der Waals surface area contributed by atoms with Gasteiger partial charge < -0.3 is 9.47 Å². The molecule has 1 heterocycles. The summed E-state index contributed by atoms with van der Waals surface area (Å²) < 4.78 is 40.0. The van der Waals surface area contributed by atoms with Crippen molar-refractivity contribution in [1.82, 2.24) is 4.90 Å². The van der Waals surface area contributed by atoms with Gasteiger partial charge in [0, 0.05) is 12.4 Å². The third-order valence-corrected chi connectivity index (χ3v) is 4.80. The molecule has 0 fully saturated rings. The van der Waals surface area contributed by atoms with E-state index in [9.17, 15) is 19.2 Å². The zero-order valence-corrected chi connectivity index (χ0v) is 18.2. The van der Waals surface area contributed by atoms with E-state index in [1.807, 2.05) is 6.07 Å². The molecule has 2 rings (SSSR count). The highest BCUT2D eigenvalue weighted by atomic mass is 19.1. The number of allylic oxidation sites excluding steroid dienone is 2. The van der Waals surface area contributed by atoms with Crippen LogP contribution in [0.3, 0.4) is 0 Å². The number of carbonyl (C=O) groups is 2. The van der Waals surface area contributed by atoms with Crippen molar-refractivity contribution >= 4 is 12.1 Å². The summed E-state index contributed by atoms with van der Waals surface area (Å²) in [5, 5.41) is 9.84. The number of amides is 1. The second-order valence-electron chi connectivity index (χ2n) is 8.20. The number of rotatable bonds is 4. The molecule has 0 saturated carbocycles. The molecule has 0 N–H and O–H groups in total. The van der Waals surface area contributed by atoms with Crippen LogP contribution in [-0.4, -0.2) is 29.2 Å². The molecule has 0 radical (unpaired) electrons. The molecule has 6 nitrogen and oxygen atoms in total. The number of aryl methyl sites for hydroxylation is 1. The van der Waals surface area contributed by atoms with Crippen molar-refractivity contribution < 1.29 is 27.8 Å². The summed E-state index contributed by atoms with van der Waals surface area (Å²) in [6.07, 6.45) is 2.71. The third kappa shape index (κ3) is 5.10. The number of hydrogen-bond donors (Lipinski definition) is 0. The molecule has 0 aromatic heterocycles. The van der Waals surface area contributed by atoms with Crippen molar-refractivity contribution in [2.45, 2.75) is 52.1 Å². The van der Waals surface area contributed by atoms with Crippen LogP contribution in [0.25, 0.3) is 0 Å². The molecule has 0 saturated heterocycles. The first-order valence-electron chi connectivity index (χ1n) is 9.85. The quantitative estimate of drug-likeness (QED) is 0.623. The fraction of sp³-hybridized carbons (Fsp3) is 0.435. The SMILES string of the molecule is CCOC(=O)C(C#N)C1(c2ccc(F)cc2C)CC=CN(C(=O)OC(C)(C)C)C=C1F. The fourth-order valence-corrected chi connectivity index (χ4v) is 3.53. The van der Waals surface area contributed by atoms with Crippen LogP contribution in [0.5, 0.6) is 0 Å². The standard InChI is InChI=1S/C23H26F2N2O4/c1-6-30-20(28)18(13-26)23(17-9-8-16(24)12-15(17)2)10-7-11-27(14-19(23)25)21(29)31-22(3,4)5/h7-9,11-12,14,18H,6,10H2,1-5H3. The molecule has 2 atom stereocenters. The molecule has 1 amide bonds. The molecule has 0 bridgehead atoms. The van der Waals surface area contributed by atoms with Gasteiger partial charge in [0.2, 0.25) is 0 Å². The number of halogens is 2. The second-order valence-corrected chi connectivity index (χ2v) is 8.20. The molecule has 0 spiro atoms. The van der Waals surface area contributed by atoms with Crippen molar-refractivity contribution in [2.75, 3.05) is 6.61 Å². The van der Waals surface area contributed by atoms with E-state index in [0.717, 1.165) is 17.2 Å². The number of nitriles is 1. The maximum Gasteiger partial charge on any atom is 0.418 e. The van der Waals surface area contributed by atoms with Crippen molar-refractivity contribution in [3.63, 3.8) is 0 Å². The predicted octanol–water partition coefficient (Wildman–Crippen LogP) is 5.04. The third-order valence-electron chi connectivity index (χ3n) is 4.80. The molecule has 1 aromatic rings. The minimum atomic E-state index is -1.81. The minimum Gasteiger partial charge on any atom is -0.465 e. The minimum absolute atomic E-state index is 0.000694. The fourth-order valence-electron chi connectivity index (χ4n) is 3.53. The van der Waals surface area contributed by atoms with E-state index in [0.29, 0.717) is 5.56 Å². The first-order chi connectivity index (χ1) is 14.5. The van der Waals surface area contributed by atoms with Gasteiger partial charge in [-0.15, -0.1) is 0 Å². The molecule has 0 aliphatic carbocycles. The number of benzene rings is 1. The molecule has 166 valence electrons. The molecular weight excluding hydrogens is 406 g/mol. The maximum atomic E-state index is 15.9. The highest BCUT2D eigenvalue weighted by Crippen LogP contribution is 2.47. The average Bonchev–Trinajstić information content (AvgIpc) is 2.81. The van der Waals surface area contributed by atoms with Gasteiger partial charge in [0.15, 0.2) is 5.92 Å². The van der Waals surface area contributed by atoms with Crippen molar-refractivity contribution in [2.24, 2.45) is 5.92 Å². The number of hydrogen-bond acceptors (Lipinski definition) is 5. The van der Waals surface area contributed by atoms with E-state index in [-0.39, 0.29) is 18.6 Å². The maximum absolute atomic E-state index is 15.9. The van der Waals surface area contributed by atoms with Crippen LogP contribution in [0.4, 0.5) is 13.6 Å². The Kier molecular flexibility index (Phi) is 7.21. The molecule has 2 unspecified atom stereocenters. The number of ether oxygens (including phenoxy) is 2. The largest absolute Gasteiger partial charge is 0.465 e. The lowest BCUT2D eigenvalue weighted by atomic mass is 9.66. The van der Waals surface area contributed by atoms with Crippen molar-refractivity contribution in [3.05, 3.63) is 59.4 Å². The molecule has 1 aromatic carbocycles. The van der Waals surface area contributed by atoms with E-state index in [2.05, 4.69) is 0 Å². The van der Waals surface area contributed by atoms with Gasteiger partial charge in [-0.3, -0.25) is 9.69 Å². The van der Waals surface area contributed by atoms with Gasteiger partial charge >= 0.3 is 12.1 Å². The molecule has 8 heteroatoms. The van der Waals surface area contributed by atoms with Gasteiger partial charge in [0.25, 0.3) is 0 Å². The monoisotopic (exact) mass is 432 g/mol. The average molecular weight is 432 g/mol. The van der Waals surface area contributed by atoms with E-state index in [1.165, 1.54) is 24.4 Å². The molecule has 1 aliphatic heterocycles. The summed E-state index contributed by atoms with van der Waals surface area (Å²) in [7, 11) is 0. The summed E-state index contributed by atoms with van der Waals surface area (Å²) in [6.45, 7) is 8.15. The first-order valence-corrected chi connectivity index (χ1v) is 9.85. The van der Waals surface area contributed by atoms with E-state index >= 15 is 4.39 Å². The number of esters is 1. The zero-order valence-electron chi connectivity index (χ0n) is 18.2. The Labute approximate surface area is 180 Å². The smallest absolute Gasteiger partial charge is 0.418 e. The second kappa shape index (κ2) is 9.29. The Morgan fingerprint density at radius 3 is 2.55 bits per heavy atom. The lowest BCUT2D eigenvalue weighted by molar-refractivity contribution is -0.148. The summed E-state index contributed by atoms with van der Waals surface area (Å²) in [4.78, 5) is 26.0. The van der Waals surface area contributed by atoms with Gasteiger partial charge in [0.05, 0.1) is 18.1 Å². The summed E-state index contributed by atoms with van der Waals surface area (Å²) >= 11 is 0.